The van der Waals surface area contributed by atoms with Crippen molar-refractivity contribution in [2.75, 3.05) is 41.4 Å². The summed E-state index contributed by atoms with van der Waals surface area (Å²) in [5, 5.41) is 0. The average molecular weight is 393 g/mol. The predicted octanol–water partition coefficient (Wildman–Crippen LogP) is 4.63. The molecule has 156 valence electrons. The summed E-state index contributed by atoms with van der Waals surface area (Å²) in [6, 6.07) is 17.9. The fourth-order valence-corrected chi connectivity index (χ4v) is 3.25. The lowest BCUT2D eigenvalue weighted by Crippen LogP contribution is -2.38. The van der Waals surface area contributed by atoms with Gasteiger partial charge in [-0.3, -0.25) is 0 Å². The van der Waals surface area contributed by atoms with E-state index in [0.29, 0.717) is 12.1 Å². The third-order valence-electron chi connectivity index (χ3n) is 5.45. The van der Waals surface area contributed by atoms with Gasteiger partial charge in [0.15, 0.2) is 0 Å². The average Bonchev–Trinajstić information content (AvgIpc) is 2.73. The smallest absolute Gasteiger partial charge is 0.0625 e. The molecule has 0 heterocycles. The van der Waals surface area contributed by atoms with E-state index in [0.717, 1.165) is 37.2 Å². The molecule has 2 aromatic carbocycles. The van der Waals surface area contributed by atoms with Crippen molar-refractivity contribution in [3.05, 3.63) is 83.9 Å². The highest BCUT2D eigenvalue weighted by Crippen LogP contribution is 2.13. The van der Waals surface area contributed by atoms with Gasteiger partial charge in [0.05, 0.1) is 13.2 Å². The fourth-order valence-electron chi connectivity index (χ4n) is 3.25. The minimum atomic E-state index is 0.347. The van der Waals surface area contributed by atoms with E-state index in [1.165, 1.54) is 11.1 Å². The van der Waals surface area contributed by atoms with E-state index >= 15 is 0 Å². The molecule has 0 N–H and O–H groups in total. The normalized spacial score (nSPS) is 13.4. The molecule has 3 heteroatoms. The summed E-state index contributed by atoms with van der Waals surface area (Å²) in [7, 11) is 8.49. The van der Waals surface area contributed by atoms with Gasteiger partial charge in [-0.25, -0.2) is 0 Å². The Hall–Kier alpha value is -2.20. The van der Waals surface area contributed by atoms with E-state index in [1.807, 2.05) is 12.2 Å². The second-order valence-electron chi connectivity index (χ2n) is 8.07. The summed E-state index contributed by atoms with van der Waals surface area (Å²) in [4.78, 5) is 4.50. The van der Waals surface area contributed by atoms with Crippen LogP contribution in [0.25, 0.3) is 12.2 Å². The van der Waals surface area contributed by atoms with Gasteiger partial charge in [-0.2, -0.15) is 0 Å². The number of nitrogens with zero attached hydrogens (tertiary/aromatic N) is 2. The van der Waals surface area contributed by atoms with Gasteiger partial charge in [-0.1, -0.05) is 73.8 Å². The van der Waals surface area contributed by atoms with Gasteiger partial charge in [-0.05, 0) is 63.3 Å². The third kappa shape index (κ3) is 7.62. The van der Waals surface area contributed by atoms with Crippen LogP contribution in [0, 0.1) is 0 Å². The first kappa shape index (κ1) is 23.1. The van der Waals surface area contributed by atoms with Gasteiger partial charge in [0.25, 0.3) is 0 Å². The molecule has 0 aliphatic rings. The molecule has 2 rings (SSSR count). The highest BCUT2D eigenvalue weighted by molar-refractivity contribution is 5.47. The molecule has 2 aromatic rings. The molecule has 2 atom stereocenters. The molecule has 0 aromatic heterocycles. The van der Waals surface area contributed by atoms with Crippen LogP contribution in [-0.4, -0.2) is 63.3 Å². The monoisotopic (exact) mass is 392 g/mol. The first-order chi connectivity index (χ1) is 13.9. The number of benzene rings is 2. The zero-order valence-electron chi connectivity index (χ0n) is 18.5. The summed E-state index contributed by atoms with van der Waals surface area (Å²) >= 11 is 0. The van der Waals surface area contributed by atoms with Crippen LogP contribution in [-0.2, 0) is 17.6 Å². The molecular weight excluding hydrogens is 356 g/mol. The van der Waals surface area contributed by atoms with Crippen LogP contribution < -0.4 is 0 Å². The third-order valence-corrected chi connectivity index (χ3v) is 5.45. The lowest BCUT2D eigenvalue weighted by atomic mass is 10.0. The minimum Gasteiger partial charge on any atom is -0.378 e. The first-order valence-electron chi connectivity index (χ1n) is 10.3. The Labute approximate surface area is 177 Å². The maximum absolute atomic E-state index is 6.20. The summed E-state index contributed by atoms with van der Waals surface area (Å²) in [5.74, 6) is 0. The van der Waals surface area contributed by atoms with Gasteiger partial charge in [0, 0.05) is 12.1 Å². The van der Waals surface area contributed by atoms with Gasteiger partial charge < -0.3 is 14.5 Å². The van der Waals surface area contributed by atoms with Crippen molar-refractivity contribution in [3.8, 4) is 0 Å². The highest BCUT2D eigenvalue weighted by Gasteiger charge is 2.16. The topological polar surface area (TPSA) is 15.7 Å². The van der Waals surface area contributed by atoms with E-state index in [-0.39, 0.29) is 0 Å². The Balaban J connectivity index is 1.90. The van der Waals surface area contributed by atoms with E-state index in [1.54, 1.807) is 0 Å². The molecule has 0 fully saturated rings. The Morgan fingerprint density at radius 1 is 0.690 bits per heavy atom. The van der Waals surface area contributed by atoms with Crippen LogP contribution in [0.4, 0.5) is 0 Å². The zero-order chi connectivity index (χ0) is 21.2. The second kappa shape index (κ2) is 11.7. The molecule has 0 radical (unpaired) electrons. The Kier molecular flexibility index (Phi) is 9.33. The lowest BCUT2D eigenvalue weighted by molar-refractivity contribution is 0.0447. The quantitative estimate of drug-likeness (QED) is 0.524. The van der Waals surface area contributed by atoms with Gasteiger partial charge in [0.2, 0.25) is 0 Å². The van der Waals surface area contributed by atoms with Crippen molar-refractivity contribution < 1.29 is 4.74 Å². The molecule has 0 aliphatic heterocycles. The molecule has 0 saturated heterocycles. The van der Waals surface area contributed by atoms with Crippen molar-refractivity contribution >= 4 is 12.2 Å². The van der Waals surface area contributed by atoms with Crippen molar-refractivity contribution in [3.63, 3.8) is 0 Å². The summed E-state index contributed by atoms with van der Waals surface area (Å²) < 4.78 is 6.20. The van der Waals surface area contributed by atoms with Crippen LogP contribution in [0.3, 0.4) is 0 Å². The maximum atomic E-state index is 6.20. The van der Waals surface area contributed by atoms with Crippen LogP contribution >= 0.6 is 0 Å². The number of rotatable bonds is 12. The highest BCUT2D eigenvalue weighted by atomic mass is 16.5. The largest absolute Gasteiger partial charge is 0.378 e. The molecule has 0 bridgehead atoms. The molecule has 29 heavy (non-hydrogen) atoms. The van der Waals surface area contributed by atoms with Crippen LogP contribution in [0.5, 0.6) is 0 Å². The van der Waals surface area contributed by atoms with E-state index in [9.17, 15) is 0 Å². The zero-order valence-corrected chi connectivity index (χ0v) is 18.5. The van der Waals surface area contributed by atoms with Gasteiger partial charge in [0.1, 0.15) is 0 Å². The summed E-state index contributed by atoms with van der Waals surface area (Å²) in [6.45, 7) is 9.08. The molecule has 0 spiro atoms. The SMILES string of the molecule is C=Cc1ccc(CC(COCC(Cc2ccc(C=C)cc2)N(C)C)N(C)C)cc1. The summed E-state index contributed by atoms with van der Waals surface area (Å²) in [5.41, 5.74) is 4.96. The maximum Gasteiger partial charge on any atom is 0.0625 e. The number of hydrogen-bond acceptors (Lipinski definition) is 3. The number of likely N-dealkylation sites (N-methyl/N-ethyl adjacent to an activating group) is 2. The standard InChI is InChI=1S/C26H36N2O/c1-7-21-9-13-23(14-10-21)17-25(27(3)4)19-29-20-26(28(5)6)18-24-15-11-22(8-2)12-16-24/h7-16,25-26H,1-2,17-20H2,3-6H3. The fraction of sp³-hybridized carbons (Fsp3) is 0.385. The van der Waals surface area contributed by atoms with Crippen molar-refractivity contribution in [2.24, 2.45) is 0 Å². The van der Waals surface area contributed by atoms with E-state index in [2.05, 4.69) is 99.7 Å². The van der Waals surface area contributed by atoms with E-state index < -0.39 is 0 Å². The molecule has 2 unspecified atom stereocenters. The van der Waals surface area contributed by atoms with Crippen molar-refractivity contribution in [2.45, 2.75) is 24.9 Å². The van der Waals surface area contributed by atoms with Crippen LogP contribution in [0.15, 0.2) is 61.7 Å². The summed E-state index contributed by atoms with van der Waals surface area (Å²) in [6.07, 6.45) is 5.70. The van der Waals surface area contributed by atoms with Crippen molar-refractivity contribution in [1.29, 1.82) is 0 Å². The molecule has 0 amide bonds. The molecular formula is C26H36N2O. The Bertz CT molecular complexity index is 682. The van der Waals surface area contributed by atoms with Crippen LogP contribution in [0.1, 0.15) is 22.3 Å². The molecule has 3 nitrogen and oxygen atoms in total. The van der Waals surface area contributed by atoms with Gasteiger partial charge in [-0.15, -0.1) is 0 Å². The number of hydrogen-bond donors (Lipinski definition) is 0. The van der Waals surface area contributed by atoms with Crippen LogP contribution in [0.2, 0.25) is 0 Å². The Morgan fingerprint density at radius 3 is 1.31 bits per heavy atom. The second-order valence-corrected chi connectivity index (χ2v) is 8.07. The minimum absolute atomic E-state index is 0.347. The number of ether oxygens (including phenoxy) is 1. The van der Waals surface area contributed by atoms with E-state index in [4.69, 9.17) is 4.74 Å². The first-order valence-corrected chi connectivity index (χ1v) is 10.3. The molecule has 0 aliphatic carbocycles. The molecule has 0 saturated carbocycles. The van der Waals surface area contributed by atoms with Crippen molar-refractivity contribution in [1.82, 2.24) is 9.80 Å². The lowest BCUT2D eigenvalue weighted by Gasteiger charge is -2.28. The van der Waals surface area contributed by atoms with Gasteiger partial charge >= 0.3 is 0 Å². The predicted molar refractivity (Wildman–Crippen MR) is 126 cm³/mol. The Morgan fingerprint density at radius 2 is 1.03 bits per heavy atom.